The molecule has 2 aromatic carbocycles. The van der Waals surface area contributed by atoms with E-state index < -0.39 is 10.1 Å². The van der Waals surface area contributed by atoms with Crippen LogP contribution in [0.1, 0.15) is 25.0 Å². The van der Waals surface area contributed by atoms with E-state index in [0.29, 0.717) is 12.0 Å². The Morgan fingerprint density at radius 1 is 1.06 bits per heavy atom. The maximum absolute atomic E-state index is 11.4. The van der Waals surface area contributed by atoms with Crippen molar-refractivity contribution in [3.8, 4) is 0 Å². The molecule has 1 N–H and O–H groups in total. The van der Waals surface area contributed by atoms with Gasteiger partial charge in [0, 0.05) is 0 Å². The van der Waals surface area contributed by atoms with Gasteiger partial charge >= 0.3 is 0 Å². The van der Waals surface area contributed by atoms with E-state index in [-0.39, 0.29) is 4.90 Å². The summed E-state index contributed by atoms with van der Waals surface area (Å²) in [5, 5.41) is 1.97. The summed E-state index contributed by atoms with van der Waals surface area (Å²) in [6, 6.07) is 9.15. The standard InChI is InChI=1S/C14H16O3S/c1-3-10-6-5-7-11-8-9-13(18(15,16)17)12(4-2)14(10)11/h5-9H,3-4H2,1-2H3,(H,15,16,17). The van der Waals surface area contributed by atoms with Gasteiger partial charge < -0.3 is 0 Å². The second kappa shape index (κ2) is 4.71. The van der Waals surface area contributed by atoms with Gasteiger partial charge in [-0.15, -0.1) is 0 Å². The topological polar surface area (TPSA) is 54.4 Å². The van der Waals surface area contributed by atoms with E-state index in [1.54, 1.807) is 6.07 Å². The lowest BCUT2D eigenvalue weighted by molar-refractivity contribution is 0.482. The van der Waals surface area contributed by atoms with Crippen molar-refractivity contribution in [2.24, 2.45) is 0 Å². The Kier molecular flexibility index (Phi) is 3.41. The molecule has 0 aliphatic rings. The maximum Gasteiger partial charge on any atom is 0.294 e. The summed E-state index contributed by atoms with van der Waals surface area (Å²) in [4.78, 5) is 0.0263. The molecule has 0 aliphatic carbocycles. The smallest absolute Gasteiger partial charge is 0.282 e. The van der Waals surface area contributed by atoms with E-state index in [2.05, 4.69) is 0 Å². The fourth-order valence-corrected chi connectivity index (χ4v) is 3.20. The molecule has 0 bridgehead atoms. The van der Waals surface area contributed by atoms with Crippen molar-refractivity contribution in [1.82, 2.24) is 0 Å². The van der Waals surface area contributed by atoms with Crippen molar-refractivity contribution in [3.05, 3.63) is 41.5 Å². The lowest BCUT2D eigenvalue weighted by atomic mass is 9.96. The van der Waals surface area contributed by atoms with Crippen LogP contribution in [0.5, 0.6) is 0 Å². The fraction of sp³-hybridized carbons (Fsp3) is 0.286. The van der Waals surface area contributed by atoms with Crippen molar-refractivity contribution in [1.29, 1.82) is 0 Å². The van der Waals surface area contributed by atoms with E-state index in [1.165, 1.54) is 6.07 Å². The van der Waals surface area contributed by atoms with Crippen LogP contribution in [0.15, 0.2) is 35.2 Å². The first-order chi connectivity index (χ1) is 8.49. The van der Waals surface area contributed by atoms with Gasteiger partial charge in [0.15, 0.2) is 0 Å². The van der Waals surface area contributed by atoms with Gasteiger partial charge in [-0.05, 0) is 40.8 Å². The van der Waals surface area contributed by atoms with Gasteiger partial charge in [-0.2, -0.15) is 8.42 Å². The number of hydrogen-bond donors (Lipinski definition) is 1. The van der Waals surface area contributed by atoms with Gasteiger partial charge in [0.1, 0.15) is 0 Å². The highest BCUT2D eigenvalue weighted by atomic mass is 32.2. The molecule has 0 heterocycles. The first-order valence-electron chi connectivity index (χ1n) is 6.00. The summed E-state index contributed by atoms with van der Waals surface area (Å²) in [6.45, 7) is 3.93. The second-order valence-electron chi connectivity index (χ2n) is 4.24. The first kappa shape index (κ1) is 13.1. The van der Waals surface area contributed by atoms with Gasteiger partial charge in [-0.1, -0.05) is 38.1 Å². The van der Waals surface area contributed by atoms with Crippen molar-refractivity contribution in [3.63, 3.8) is 0 Å². The van der Waals surface area contributed by atoms with Gasteiger partial charge in [-0.3, -0.25) is 4.55 Å². The van der Waals surface area contributed by atoms with Crippen LogP contribution in [0.3, 0.4) is 0 Å². The molecule has 0 spiro atoms. The molecule has 0 saturated heterocycles. The van der Waals surface area contributed by atoms with Crippen LogP contribution in [0, 0.1) is 0 Å². The highest BCUT2D eigenvalue weighted by Gasteiger charge is 2.17. The highest BCUT2D eigenvalue weighted by Crippen LogP contribution is 2.29. The molecule has 0 aromatic heterocycles. The molecule has 4 heteroatoms. The Morgan fingerprint density at radius 2 is 1.78 bits per heavy atom. The SMILES string of the molecule is CCc1cccc2ccc(S(=O)(=O)O)c(CC)c12. The molecule has 0 radical (unpaired) electrons. The van der Waals surface area contributed by atoms with Gasteiger partial charge in [0.25, 0.3) is 10.1 Å². The molecular weight excluding hydrogens is 248 g/mol. The van der Waals surface area contributed by atoms with Crippen molar-refractivity contribution >= 4 is 20.9 Å². The van der Waals surface area contributed by atoms with Gasteiger partial charge in [-0.25, -0.2) is 0 Å². The molecule has 0 fully saturated rings. The van der Waals surface area contributed by atoms with Crippen LogP contribution < -0.4 is 0 Å². The molecule has 2 rings (SSSR count). The van der Waals surface area contributed by atoms with Crippen LogP contribution in [-0.2, 0) is 23.0 Å². The van der Waals surface area contributed by atoms with Crippen molar-refractivity contribution < 1.29 is 13.0 Å². The van der Waals surface area contributed by atoms with Crippen molar-refractivity contribution in [2.45, 2.75) is 31.6 Å². The Labute approximate surface area is 107 Å². The van der Waals surface area contributed by atoms with Crippen LogP contribution >= 0.6 is 0 Å². The predicted octanol–water partition coefficient (Wildman–Crippen LogP) is 3.21. The Balaban J connectivity index is 2.95. The first-order valence-corrected chi connectivity index (χ1v) is 7.44. The Morgan fingerprint density at radius 3 is 2.33 bits per heavy atom. The average molecular weight is 264 g/mol. The predicted molar refractivity (Wildman–Crippen MR) is 72.5 cm³/mol. The molecule has 2 aromatic rings. The number of rotatable bonds is 3. The monoisotopic (exact) mass is 264 g/mol. The number of aryl methyl sites for hydroxylation is 2. The zero-order valence-electron chi connectivity index (χ0n) is 10.5. The fourth-order valence-electron chi connectivity index (χ4n) is 2.40. The summed E-state index contributed by atoms with van der Waals surface area (Å²) in [5.74, 6) is 0. The molecule has 0 aliphatic heterocycles. The zero-order valence-corrected chi connectivity index (χ0v) is 11.3. The average Bonchev–Trinajstić information content (AvgIpc) is 2.35. The minimum absolute atomic E-state index is 0.0263. The van der Waals surface area contributed by atoms with E-state index >= 15 is 0 Å². The highest BCUT2D eigenvalue weighted by molar-refractivity contribution is 7.85. The third kappa shape index (κ3) is 2.13. The minimum atomic E-state index is -4.16. The van der Waals surface area contributed by atoms with E-state index in [4.69, 9.17) is 0 Å². The van der Waals surface area contributed by atoms with Crippen LogP contribution in [-0.4, -0.2) is 13.0 Å². The van der Waals surface area contributed by atoms with Crippen LogP contribution in [0.2, 0.25) is 0 Å². The molecule has 0 atom stereocenters. The summed E-state index contributed by atoms with van der Waals surface area (Å²) in [5.41, 5.74) is 1.81. The Bertz CT molecular complexity index is 687. The van der Waals surface area contributed by atoms with Gasteiger partial charge in [0.2, 0.25) is 0 Å². The third-order valence-electron chi connectivity index (χ3n) is 3.21. The maximum atomic E-state index is 11.4. The molecule has 0 amide bonds. The quantitative estimate of drug-likeness (QED) is 0.866. The van der Waals surface area contributed by atoms with Crippen LogP contribution in [0.25, 0.3) is 10.8 Å². The molecule has 0 saturated carbocycles. The molecule has 0 unspecified atom stereocenters. The number of benzene rings is 2. The van der Waals surface area contributed by atoms with E-state index in [0.717, 1.165) is 22.8 Å². The minimum Gasteiger partial charge on any atom is -0.282 e. The third-order valence-corrected chi connectivity index (χ3v) is 4.15. The largest absolute Gasteiger partial charge is 0.294 e. The van der Waals surface area contributed by atoms with E-state index in [9.17, 15) is 13.0 Å². The zero-order chi connectivity index (χ0) is 13.3. The Hall–Kier alpha value is -1.39. The van der Waals surface area contributed by atoms with Crippen molar-refractivity contribution in [2.75, 3.05) is 0 Å². The molecule has 3 nitrogen and oxygen atoms in total. The van der Waals surface area contributed by atoms with Gasteiger partial charge in [0.05, 0.1) is 4.90 Å². The lowest BCUT2D eigenvalue weighted by Crippen LogP contribution is -2.04. The van der Waals surface area contributed by atoms with E-state index in [1.807, 2.05) is 32.0 Å². The summed E-state index contributed by atoms with van der Waals surface area (Å²) in [7, 11) is -4.16. The molecular formula is C14H16O3S. The molecule has 18 heavy (non-hydrogen) atoms. The van der Waals surface area contributed by atoms with Crippen LogP contribution in [0.4, 0.5) is 0 Å². The lowest BCUT2D eigenvalue weighted by Gasteiger charge is -2.12. The second-order valence-corrected chi connectivity index (χ2v) is 5.63. The number of hydrogen-bond acceptors (Lipinski definition) is 2. The molecule has 96 valence electrons. The number of fused-ring (bicyclic) bond motifs is 1. The summed E-state index contributed by atoms with van der Waals surface area (Å²) < 4.78 is 32.1. The summed E-state index contributed by atoms with van der Waals surface area (Å²) in [6.07, 6.45) is 1.41. The summed E-state index contributed by atoms with van der Waals surface area (Å²) >= 11 is 0. The normalized spacial score (nSPS) is 11.9.